The van der Waals surface area contributed by atoms with Crippen LogP contribution in [-0.4, -0.2) is 52.2 Å². The number of nitrogens with zero attached hydrogens (tertiary/aromatic N) is 2. The first-order valence-corrected chi connectivity index (χ1v) is 10.5. The Kier molecular flexibility index (Phi) is 6.50. The molecule has 2 aromatic rings. The van der Waals surface area contributed by atoms with Gasteiger partial charge in [0.1, 0.15) is 11.5 Å². The van der Waals surface area contributed by atoms with Gasteiger partial charge in [0, 0.05) is 30.3 Å². The Balaban J connectivity index is 1.72. The molecule has 1 aliphatic heterocycles. The number of rotatable bonds is 7. The standard InChI is InChI=1S/C20H23N3O5S/c1-27-17-10-15(11-18(13-17)28-2)14-21-22-20(24)16-6-5-7-19(12-16)29(25,26)23-8-3-4-9-23/h5-7,10-14H,3-4,8-9H2,1-2H3,(H,22,24)/b21-14-. The molecule has 2 aromatic carbocycles. The summed E-state index contributed by atoms with van der Waals surface area (Å²) in [5.74, 6) is 0.684. The highest BCUT2D eigenvalue weighted by molar-refractivity contribution is 7.89. The second-order valence-electron chi connectivity index (χ2n) is 6.48. The zero-order chi connectivity index (χ0) is 20.9. The van der Waals surface area contributed by atoms with E-state index in [9.17, 15) is 13.2 Å². The summed E-state index contributed by atoms with van der Waals surface area (Å²) in [6.45, 7) is 1.01. The van der Waals surface area contributed by atoms with Gasteiger partial charge in [-0.1, -0.05) is 6.07 Å². The number of ether oxygens (including phenoxy) is 2. The maximum Gasteiger partial charge on any atom is 0.271 e. The van der Waals surface area contributed by atoms with Crippen molar-refractivity contribution >= 4 is 22.1 Å². The van der Waals surface area contributed by atoms with Crippen molar-refractivity contribution in [3.8, 4) is 11.5 Å². The van der Waals surface area contributed by atoms with Crippen molar-refractivity contribution in [1.29, 1.82) is 0 Å². The van der Waals surface area contributed by atoms with Gasteiger partial charge >= 0.3 is 0 Å². The predicted molar refractivity (Wildman–Crippen MR) is 109 cm³/mol. The van der Waals surface area contributed by atoms with Crippen LogP contribution in [0.4, 0.5) is 0 Å². The summed E-state index contributed by atoms with van der Waals surface area (Å²) in [6.07, 6.45) is 3.15. The van der Waals surface area contributed by atoms with E-state index in [4.69, 9.17) is 9.47 Å². The van der Waals surface area contributed by atoms with Crippen molar-refractivity contribution in [3.63, 3.8) is 0 Å². The lowest BCUT2D eigenvalue weighted by Gasteiger charge is -2.15. The molecule has 0 saturated carbocycles. The molecule has 1 saturated heterocycles. The zero-order valence-electron chi connectivity index (χ0n) is 16.3. The minimum absolute atomic E-state index is 0.105. The molecule has 1 amide bonds. The van der Waals surface area contributed by atoms with E-state index < -0.39 is 15.9 Å². The van der Waals surface area contributed by atoms with E-state index in [0.29, 0.717) is 30.2 Å². The largest absolute Gasteiger partial charge is 0.497 e. The van der Waals surface area contributed by atoms with Crippen LogP contribution in [0.15, 0.2) is 52.5 Å². The van der Waals surface area contributed by atoms with E-state index in [2.05, 4.69) is 10.5 Å². The highest BCUT2D eigenvalue weighted by Crippen LogP contribution is 2.22. The number of methoxy groups -OCH3 is 2. The number of hydrazone groups is 1. The molecule has 3 rings (SSSR count). The van der Waals surface area contributed by atoms with Crippen LogP contribution < -0.4 is 14.9 Å². The van der Waals surface area contributed by atoms with Crippen molar-refractivity contribution in [1.82, 2.24) is 9.73 Å². The quantitative estimate of drug-likeness (QED) is 0.551. The Morgan fingerprint density at radius 3 is 2.34 bits per heavy atom. The Morgan fingerprint density at radius 2 is 1.72 bits per heavy atom. The van der Waals surface area contributed by atoms with Gasteiger partial charge in [-0.05, 0) is 43.2 Å². The molecule has 1 N–H and O–H groups in total. The first kappa shape index (κ1) is 20.8. The molecule has 1 fully saturated rings. The van der Waals surface area contributed by atoms with Crippen LogP contribution in [0.3, 0.4) is 0 Å². The molecule has 9 heteroatoms. The molecule has 0 unspecified atom stereocenters. The molecular weight excluding hydrogens is 394 g/mol. The van der Waals surface area contributed by atoms with Crippen molar-refractivity contribution in [3.05, 3.63) is 53.6 Å². The number of sulfonamides is 1. The Bertz CT molecular complexity index is 992. The molecule has 0 spiro atoms. The van der Waals surface area contributed by atoms with Crippen LogP contribution in [-0.2, 0) is 10.0 Å². The number of carbonyl (C=O) groups excluding carboxylic acids is 1. The van der Waals surface area contributed by atoms with Crippen molar-refractivity contribution in [2.45, 2.75) is 17.7 Å². The fourth-order valence-electron chi connectivity index (χ4n) is 3.01. The average Bonchev–Trinajstić information content (AvgIpc) is 3.29. The van der Waals surface area contributed by atoms with E-state index in [1.54, 1.807) is 44.6 Å². The van der Waals surface area contributed by atoms with Crippen LogP contribution >= 0.6 is 0 Å². The van der Waals surface area contributed by atoms with Gasteiger partial charge < -0.3 is 9.47 Å². The van der Waals surface area contributed by atoms with Gasteiger partial charge in [0.05, 0.1) is 25.3 Å². The van der Waals surface area contributed by atoms with Crippen LogP contribution in [0.2, 0.25) is 0 Å². The van der Waals surface area contributed by atoms with E-state index in [1.165, 1.54) is 22.7 Å². The SMILES string of the molecule is COc1cc(/C=N\NC(=O)c2cccc(S(=O)(=O)N3CCCC3)c2)cc(OC)c1. The number of hydrogen-bond donors (Lipinski definition) is 1. The molecule has 8 nitrogen and oxygen atoms in total. The van der Waals surface area contributed by atoms with Crippen molar-refractivity contribution < 1.29 is 22.7 Å². The lowest BCUT2D eigenvalue weighted by molar-refractivity contribution is 0.0955. The zero-order valence-corrected chi connectivity index (χ0v) is 17.1. The molecule has 0 aliphatic carbocycles. The second-order valence-corrected chi connectivity index (χ2v) is 8.42. The lowest BCUT2D eigenvalue weighted by atomic mass is 10.2. The highest BCUT2D eigenvalue weighted by atomic mass is 32.2. The third-order valence-corrected chi connectivity index (χ3v) is 6.45. The molecule has 0 bridgehead atoms. The summed E-state index contributed by atoms with van der Waals surface area (Å²) in [6, 6.07) is 11.2. The third kappa shape index (κ3) is 4.93. The van der Waals surface area contributed by atoms with Gasteiger partial charge in [-0.25, -0.2) is 13.8 Å². The summed E-state index contributed by atoms with van der Waals surface area (Å²) < 4.78 is 37.2. The molecule has 1 heterocycles. The number of hydrogen-bond acceptors (Lipinski definition) is 6. The van der Waals surface area contributed by atoms with E-state index in [0.717, 1.165) is 12.8 Å². The molecule has 0 atom stereocenters. The van der Waals surface area contributed by atoms with E-state index >= 15 is 0 Å². The first-order chi connectivity index (χ1) is 13.9. The van der Waals surface area contributed by atoms with Gasteiger partial charge in [-0.2, -0.15) is 9.41 Å². The Labute approximate surface area is 170 Å². The number of carbonyl (C=O) groups is 1. The highest BCUT2D eigenvalue weighted by Gasteiger charge is 2.27. The molecule has 0 radical (unpaired) electrons. The summed E-state index contributed by atoms with van der Waals surface area (Å²) in [5.41, 5.74) is 3.30. The van der Waals surface area contributed by atoms with Crippen LogP contribution in [0.25, 0.3) is 0 Å². The second kappa shape index (κ2) is 9.06. The monoisotopic (exact) mass is 417 g/mol. The maximum absolute atomic E-state index is 12.7. The minimum atomic E-state index is -3.59. The third-order valence-electron chi connectivity index (χ3n) is 4.55. The number of benzene rings is 2. The minimum Gasteiger partial charge on any atom is -0.497 e. The van der Waals surface area contributed by atoms with Crippen LogP contribution in [0.5, 0.6) is 11.5 Å². The van der Waals surface area contributed by atoms with E-state index in [1.807, 2.05) is 0 Å². The average molecular weight is 417 g/mol. The normalized spacial score (nSPS) is 14.8. The summed E-state index contributed by atoms with van der Waals surface area (Å²) in [5, 5.41) is 3.94. The predicted octanol–water partition coefficient (Wildman–Crippen LogP) is 2.25. The topological polar surface area (TPSA) is 97.3 Å². The van der Waals surface area contributed by atoms with Gasteiger partial charge in [-0.3, -0.25) is 4.79 Å². The molecular formula is C20H23N3O5S. The fraction of sp³-hybridized carbons (Fsp3) is 0.300. The molecule has 1 aliphatic rings. The summed E-state index contributed by atoms with van der Waals surface area (Å²) in [7, 11) is -0.502. The Morgan fingerprint density at radius 1 is 1.07 bits per heavy atom. The van der Waals surface area contributed by atoms with Gasteiger partial charge in [0.2, 0.25) is 10.0 Å². The van der Waals surface area contributed by atoms with Crippen LogP contribution in [0, 0.1) is 0 Å². The smallest absolute Gasteiger partial charge is 0.271 e. The summed E-state index contributed by atoms with van der Waals surface area (Å²) in [4.78, 5) is 12.5. The van der Waals surface area contributed by atoms with Crippen LogP contribution in [0.1, 0.15) is 28.8 Å². The summed E-state index contributed by atoms with van der Waals surface area (Å²) >= 11 is 0. The molecule has 0 aromatic heterocycles. The number of nitrogens with one attached hydrogen (secondary N) is 1. The van der Waals surface area contributed by atoms with Gasteiger partial charge in [0.15, 0.2) is 0 Å². The van der Waals surface area contributed by atoms with E-state index in [-0.39, 0.29) is 10.5 Å². The lowest BCUT2D eigenvalue weighted by Crippen LogP contribution is -2.28. The maximum atomic E-state index is 12.7. The molecule has 29 heavy (non-hydrogen) atoms. The Hall–Kier alpha value is -2.91. The molecule has 154 valence electrons. The number of amides is 1. The van der Waals surface area contributed by atoms with Gasteiger partial charge in [-0.15, -0.1) is 0 Å². The fourth-order valence-corrected chi connectivity index (χ4v) is 4.57. The van der Waals surface area contributed by atoms with Gasteiger partial charge in [0.25, 0.3) is 5.91 Å². The first-order valence-electron chi connectivity index (χ1n) is 9.11. The van der Waals surface area contributed by atoms with Crippen molar-refractivity contribution in [2.75, 3.05) is 27.3 Å². The van der Waals surface area contributed by atoms with Crippen molar-refractivity contribution in [2.24, 2.45) is 5.10 Å².